The van der Waals surface area contributed by atoms with Crippen LogP contribution in [0.15, 0.2) is 23.1 Å². The van der Waals surface area contributed by atoms with Crippen LogP contribution in [0.5, 0.6) is 0 Å². The lowest BCUT2D eigenvalue weighted by molar-refractivity contribution is -0.145. The number of anilines is 1. The Hall–Kier alpha value is -2.67. The van der Waals surface area contributed by atoms with Crippen molar-refractivity contribution in [3.05, 3.63) is 24.0 Å². The third kappa shape index (κ3) is 4.90. The molecule has 1 heterocycles. The van der Waals surface area contributed by atoms with Crippen molar-refractivity contribution in [3.8, 4) is 6.07 Å². The van der Waals surface area contributed by atoms with Crippen LogP contribution in [0, 0.1) is 29.0 Å². The zero-order valence-electron chi connectivity index (χ0n) is 19.6. The molecule has 3 atom stereocenters. The molecule has 1 unspecified atom stereocenters. The maximum Gasteiger partial charge on any atom is 0.226 e. The summed E-state index contributed by atoms with van der Waals surface area (Å²) in [5, 5.41) is 12.2. The molecule has 0 spiro atoms. The number of nitriles is 1. The Balaban J connectivity index is 1.48. The normalized spacial score (nSPS) is 26.5. The van der Waals surface area contributed by atoms with Crippen molar-refractivity contribution in [2.24, 2.45) is 11.8 Å². The standard InChI is InChI=1S/C24H31FN4O4S/c1-16-14-28(20-13-17(25)7-8-21(20)34(2,32)33)11-12-29(16)23(31)19-6-4-3-5-18(19)22(30)27-24(15-26)9-10-24/h7-8,13,16,18-19H,3-6,9-12,14H2,1-2H3,(H,27,30)/t16-,18?,19-/m1/s1. The lowest BCUT2D eigenvalue weighted by Gasteiger charge is -2.44. The Morgan fingerprint density at radius 1 is 1.18 bits per heavy atom. The van der Waals surface area contributed by atoms with Crippen LogP contribution in [0.1, 0.15) is 45.4 Å². The molecule has 1 aromatic rings. The monoisotopic (exact) mass is 490 g/mol. The number of carbonyl (C=O) groups is 2. The summed E-state index contributed by atoms with van der Waals surface area (Å²) in [6, 6.07) is 5.58. The van der Waals surface area contributed by atoms with Gasteiger partial charge in [-0.25, -0.2) is 12.8 Å². The maximum absolute atomic E-state index is 14.0. The van der Waals surface area contributed by atoms with E-state index in [0.29, 0.717) is 51.0 Å². The molecule has 2 amide bonds. The Bertz CT molecular complexity index is 1130. The van der Waals surface area contributed by atoms with Gasteiger partial charge in [-0.15, -0.1) is 0 Å². The number of sulfone groups is 1. The second-order valence-corrected chi connectivity index (χ2v) is 11.9. The van der Waals surface area contributed by atoms with E-state index in [2.05, 4.69) is 11.4 Å². The summed E-state index contributed by atoms with van der Waals surface area (Å²) in [6.45, 7) is 2.96. The summed E-state index contributed by atoms with van der Waals surface area (Å²) < 4.78 is 38.4. The summed E-state index contributed by atoms with van der Waals surface area (Å²) in [7, 11) is -3.55. The molecule has 8 nitrogen and oxygen atoms in total. The van der Waals surface area contributed by atoms with Gasteiger partial charge in [0.1, 0.15) is 11.4 Å². The molecule has 1 N–H and O–H groups in total. The number of halogens is 1. The first-order chi connectivity index (χ1) is 16.0. The SMILES string of the molecule is C[C@@H]1CN(c2cc(F)ccc2S(C)(=O)=O)CCN1C(=O)[C@@H]1CCCCC1C(=O)NC1(C#N)CC1. The number of nitrogens with zero attached hydrogens (tertiary/aromatic N) is 3. The predicted octanol–water partition coefficient (Wildman–Crippen LogP) is 2.25. The third-order valence-corrected chi connectivity index (χ3v) is 8.46. The van der Waals surface area contributed by atoms with E-state index >= 15 is 0 Å². The molecular formula is C24H31FN4O4S. The van der Waals surface area contributed by atoms with Crippen LogP contribution in [0.25, 0.3) is 0 Å². The average Bonchev–Trinajstić information content (AvgIpc) is 3.57. The Morgan fingerprint density at radius 2 is 1.85 bits per heavy atom. The number of benzene rings is 1. The molecule has 0 aromatic heterocycles. The van der Waals surface area contributed by atoms with Crippen molar-refractivity contribution < 1.29 is 22.4 Å². The fraction of sp³-hybridized carbons (Fsp3) is 0.625. The van der Waals surface area contributed by atoms with Crippen LogP contribution in [0.3, 0.4) is 0 Å². The van der Waals surface area contributed by atoms with Gasteiger partial charge >= 0.3 is 0 Å². The third-order valence-electron chi connectivity index (χ3n) is 7.32. The average molecular weight is 491 g/mol. The van der Waals surface area contributed by atoms with E-state index in [9.17, 15) is 27.7 Å². The van der Waals surface area contributed by atoms with E-state index in [0.717, 1.165) is 25.2 Å². The highest BCUT2D eigenvalue weighted by atomic mass is 32.2. The summed E-state index contributed by atoms with van der Waals surface area (Å²) in [5.74, 6) is -1.68. The molecule has 1 aliphatic heterocycles. The Labute approximate surface area is 200 Å². The Morgan fingerprint density at radius 3 is 2.44 bits per heavy atom. The minimum absolute atomic E-state index is 0.0661. The molecular weight excluding hydrogens is 459 g/mol. The van der Waals surface area contributed by atoms with Gasteiger partial charge in [-0.3, -0.25) is 9.59 Å². The van der Waals surface area contributed by atoms with Crippen LogP contribution < -0.4 is 10.2 Å². The molecule has 2 aliphatic carbocycles. The van der Waals surface area contributed by atoms with E-state index in [1.807, 2.05) is 11.8 Å². The van der Waals surface area contributed by atoms with Crippen molar-refractivity contribution in [1.82, 2.24) is 10.2 Å². The summed E-state index contributed by atoms with van der Waals surface area (Å²) in [4.78, 5) is 30.2. The van der Waals surface area contributed by atoms with Gasteiger partial charge in [-0.05, 0) is 50.8 Å². The number of hydrogen-bond donors (Lipinski definition) is 1. The number of hydrogen-bond acceptors (Lipinski definition) is 6. The van der Waals surface area contributed by atoms with E-state index in [1.165, 1.54) is 12.1 Å². The molecule has 1 saturated heterocycles. The van der Waals surface area contributed by atoms with Gasteiger partial charge < -0.3 is 15.1 Å². The second kappa shape index (κ2) is 9.17. The van der Waals surface area contributed by atoms with Crippen molar-refractivity contribution in [2.75, 3.05) is 30.8 Å². The fourth-order valence-electron chi connectivity index (χ4n) is 5.23. The molecule has 1 aromatic carbocycles. The summed E-state index contributed by atoms with van der Waals surface area (Å²) in [5.41, 5.74) is -0.453. The molecule has 10 heteroatoms. The summed E-state index contributed by atoms with van der Waals surface area (Å²) >= 11 is 0. The molecule has 0 bridgehead atoms. The minimum atomic E-state index is -3.55. The number of nitrogens with one attached hydrogen (secondary N) is 1. The van der Waals surface area contributed by atoms with Gasteiger partial charge in [0.25, 0.3) is 0 Å². The van der Waals surface area contributed by atoms with Crippen LogP contribution in [-0.2, 0) is 19.4 Å². The predicted molar refractivity (Wildman–Crippen MR) is 124 cm³/mol. The van der Waals surface area contributed by atoms with E-state index in [4.69, 9.17) is 0 Å². The first-order valence-corrected chi connectivity index (χ1v) is 13.7. The van der Waals surface area contributed by atoms with Gasteiger partial charge in [0.15, 0.2) is 9.84 Å². The van der Waals surface area contributed by atoms with Crippen molar-refractivity contribution in [1.29, 1.82) is 5.26 Å². The quantitative estimate of drug-likeness (QED) is 0.634. The first kappa shape index (κ1) is 24.5. The largest absolute Gasteiger partial charge is 0.367 e. The summed E-state index contributed by atoms with van der Waals surface area (Å²) in [6.07, 6.45) is 5.39. The van der Waals surface area contributed by atoms with Crippen molar-refractivity contribution in [2.45, 2.75) is 61.9 Å². The highest BCUT2D eigenvalue weighted by Crippen LogP contribution is 2.38. The van der Waals surface area contributed by atoms with Crippen molar-refractivity contribution >= 4 is 27.3 Å². The molecule has 0 radical (unpaired) electrons. The second-order valence-electron chi connectivity index (χ2n) is 9.89. The molecule has 3 fully saturated rings. The topological polar surface area (TPSA) is 111 Å². The minimum Gasteiger partial charge on any atom is -0.367 e. The van der Waals surface area contributed by atoms with Crippen molar-refractivity contribution in [3.63, 3.8) is 0 Å². The van der Waals surface area contributed by atoms with E-state index in [-0.39, 0.29) is 22.8 Å². The molecule has 34 heavy (non-hydrogen) atoms. The lowest BCUT2D eigenvalue weighted by Crippen LogP contribution is -2.57. The van der Waals surface area contributed by atoms with Crippen LogP contribution in [-0.4, -0.2) is 62.6 Å². The smallest absolute Gasteiger partial charge is 0.226 e. The molecule has 3 aliphatic rings. The Kier molecular flexibility index (Phi) is 6.60. The number of piperazine rings is 1. The van der Waals surface area contributed by atoms with Crippen LogP contribution in [0.2, 0.25) is 0 Å². The van der Waals surface area contributed by atoms with E-state index in [1.54, 1.807) is 4.90 Å². The van der Waals surface area contributed by atoms with E-state index < -0.39 is 33.0 Å². The highest BCUT2D eigenvalue weighted by molar-refractivity contribution is 7.90. The fourth-order valence-corrected chi connectivity index (χ4v) is 6.11. The van der Waals surface area contributed by atoms with Crippen LogP contribution in [0.4, 0.5) is 10.1 Å². The number of carbonyl (C=O) groups excluding carboxylic acids is 2. The van der Waals surface area contributed by atoms with Gasteiger partial charge in [0.05, 0.1) is 16.7 Å². The maximum atomic E-state index is 14.0. The van der Waals surface area contributed by atoms with Crippen LogP contribution >= 0.6 is 0 Å². The van der Waals surface area contributed by atoms with Gasteiger partial charge in [0.2, 0.25) is 11.8 Å². The van der Waals surface area contributed by atoms with Gasteiger partial charge in [-0.1, -0.05) is 12.8 Å². The zero-order valence-corrected chi connectivity index (χ0v) is 20.4. The highest BCUT2D eigenvalue weighted by Gasteiger charge is 2.48. The zero-order chi connectivity index (χ0) is 24.7. The van der Waals surface area contributed by atoms with Gasteiger partial charge in [-0.2, -0.15) is 5.26 Å². The number of amides is 2. The number of rotatable bonds is 5. The lowest BCUT2D eigenvalue weighted by atomic mass is 9.77. The van der Waals surface area contributed by atoms with Gasteiger partial charge in [0, 0.05) is 43.8 Å². The molecule has 4 rings (SSSR count). The first-order valence-electron chi connectivity index (χ1n) is 11.8. The molecule has 184 valence electrons. The molecule has 2 saturated carbocycles.